The van der Waals surface area contributed by atoms with Crippen LogP contribution in [0.4, 0.5) is 5.82 Å². The predicted octanol–water partition coefficient (Wildman–Crippen LogP) is 6.21. The molecule has 5 heteroatoms. The molecule has 0 fully saturated rings. The number of hydrogen-bond acceptors (Lipinski definition) is 2. The average molecular weight is 386 g/mol. The van der Waals surface area contributed by atoms with Gasteiger partial charge in [-0.15, -0.1) is 0 Å². The highest BCUT2D eigenvalue weighted by molar-refractivity contribution is 6.36. The Morgan fingerprint density at radius 1 is 1.04 bits per heavy atom. The van der Waals surface area contributed by atoms with Crippen LogP contribution in [0.3, 0.4) is 0 Å². The molecule has 0 amide bonds. The summed E-state index contributed by atoms with van der Waals surface area (Å²) in [5.41, 5.74) is 6.62. The SMILES string of the molecule is Cc1ccc(C)c(-n2nc(-c3ccc(Cl)cc3Cl)c3c2NCCCC3)c1. The topological polar surface area (TPSA) is 29.9 Å². The Bertz CT molecular complexity index is 976. The number of aromatic nitrogens is 2. The Hall–Kier alpha value is -1.97. The normalized spacial score (nSPS) is 13.8. The van der Waals surface area contributed by atoms with Gasteiger partial charge in [0, 0.05) is 22.7 Å². The zero-order chi connectivity index (χ0) is 18.3. The van der Waals surface area contributed by atoms with Crippen molar-refractivity contribution >= 4 is 29.0 Å². The second-order valence-electron chi connectivity index (χ2n) is 6.89. The lowest BCUT2D eigenvalue weighted by molar-refractivity contribution is 0.779. The number of anilines is 1. The molecule has 3 aromatic rings. The third-order valence-corrected chi connectivity index (χ3v) is 5.46. The summed E-state index contributed by atoms with van der Waals surface area (Å²) in [4.78, 5) is 0. The minimum absolute atomic E-state index is 0.634. The summed E-state index contributed by atoms with van der Waals surface area (Å²) < 4.78 is 2.04. The Kier molecular flexibility index (Phi) is 4.68. The Morgan fingerprint density at radius 3 is 2.69 bits per heavy atom. The van der Waals surface area contributed by atoms with Crippen LogP contribution in [-0.2, 0) is 6.42 Å². The molecule has 2 aromatic carbocycles. The largest absolute Gasteiger partial charge is 0.370 e. The molecule has 1 aromatic heterocycles. The molecule has 1 N–H and O–H groups in total. The van der Waals surface area contributed by atoms with Crippen molar-refractivity contribution in [3.8, 4) is 16.9 Å². The molecule has 0 atom stereocenters. The Morgan fingerprint density at radius 2 is 1.88 bits per heavy atom. The minimum Gasteiger partial charge on any atom is -0.370 e. The lowest BCUT2D eigenvalue weighted by Crippen LogP contribution is -2.08. The highest BCUT2D eigenvalue weighted by Crippen LogP contribution is 2.38. The third kappa shape index (κ3) is 3.10. The van der Waals surface area contributed by atoms with E-state index in [1.165, 1.54) is 16.7 Å². The first-order valence-electron chi connectivity index (χ1n) is 8.93. The summed E-state index contributed by atoms with van der Waals surface area (Å²) in [7, 11) is 0. The zero-order valence-corrected chi connectivity index (χ0v) is 16.5. The number of rotatable bonds is 2. The van der Waals surface area contributed by atoms with Gasteiger partial charge in [-0.05, 0) is 68.5 Å². The van der Waals surface area contributed by atoms with E-state index in [-0.39, 0.29) is 0 Å². The lowest BCUT2D eigenvalue weighted by atomic mass is 10.0. The number of nitrogens with zero attached hydrogens (tertiary/aromatic N) is 2. The van der Waals surface area contributed by atoms with E-state index < -0.39 is 0 Å². The fraction of sp³-hybridized carbons (Fsp3) is 0.286. The molecule has 4 rings (SSSR count). The van der Waals surface area contributed by atoms with E-state index in [1.54, 1.807) is 6.07 Å². The van der Waals surface area contributed by atoms with E-state index >= 15 is 0 Å². The molecule has 0 saturated carbocycles. The zero-order valence-electron chi connectivity index (χ0n) is 14.9. The van der Waals surface area contributed by atoms with E-state index in [9.17, 15) is 0 Å². The van der Waals surface area contributed by atoms with Gasteiger partial charge >= 0.3 is 0 Å². The Labute approximate surface area is 163 Å². The van der Waals surface area contributed by atoms with Crippen molar-refractivity contribution in [3.63, 3.8) is 0 Å². The number of hydrogen-bond donors (Lipinski definition) is 1. The molecular weight excluding hydrogens is 365 g/mol. The standard InChI is InChI=1S/C21H21Cl2N3/c1-13-6-7-14(2)19(11-13)26-21-17(5-3-4-10-24-21)20(25-26)16-9-8-15(22)12-18(16)23/h6-9,11-12,24H,3-5,10H2,1-2H3. The monoisotopic (exact) mass is 385 g/mol. The van der Waals surface area contributed by atoms with Crippen molar-refractivity contribution in [1.29, 1.82) is 0 Å². The summed E-state index contributed by atoms with van der Waals surface area (Å²) in [6.07, 6.45) is 3.27. The van der Waals surface area contributed by atoms with Gasteiger partial charge in [0.25, 0.3) is 0 Å². The van der Waals surface area contributed by atoms with Crippen LogP contribution in [0, 0.1) is 13.8 Å². The first-order valence-corrected chi connectivity index (χ1v) is 9.69. The molecule has 0 unspecified atom stereocenters. The fourth-order valence-electron chi connectivity index (χ4n) is 3.52. The predicted molar refractivity (Wildman–Crippen MR) is 110 cm³/mol. The molecule has 0 saturated heterocycles. The molecule has 134 valence electrons. The van der Waals surface area contributed by atoms with E-state index in [4.69, 9.17) is 28.3 Å². The lowest BCUT2D eigenvalue weighted by Gasteiger charge is -2.12. The van der Waals surface area contributed by atoms with Gasteiger partial charge in [0.2, 0.25) is 0 Å². The number of nitrogens with one attached hydrogen (secondary N) is 1. The molecule has 2 heterocycles. The molecular formula is C21H21Cl2N3. The van der Waals surface area contributed by atoms with Gasteiger partial charge in [-0.25, -0.2) is 4.68 Å². The van der Waals surface area contributed by atoms with Gasteiger partial charge in [0.05, 0.1) is 16.4 Å². The van der Waals surface area contributed by atoms with E-state index in [0.29, 0.717) is 10.0 Å². The van der Waals surface area contributed by atoms with Gasteiger partial charge in [-0.1, -0.05) is 35.3 Å². The highest BCUT2D eigenvalue weighted by Gasteiger charge is 2.23. The van der Waals surface area contributed by atoms with Crippen molar-refractivity contribution in [3.05, 3.63) is 63.1 Å². The van der Waals surface area contributed by atoms with Crippen LogP contribution in [-0.4, -0.2) is 16.3 Å². The molecule has 0 spiro atoms. The first kappa shape index (κ1) is 17.4. The maximum absolute atomic E-state index is 6.50. The molecule has 0 bridgehead atoms. The van der Waals surface area contributed by atoms with Crippen LogP contribution in [0.1, 0.15) is 29.5 Å². The van der Waals surface area contributed by atoms with Gasteiger partial charge in [-0.3, -0.25) is 0 Å². The van der Waals surface area contributed by atoms with Crippen molar-refractivity contribution in [2.45, 2.75) is 33.1 Å². The van der Waals surface area contributed by atoms with Crippen LogP contribution in [0.2, 0.25) is 10.0 Å². The van der Waals surface area contributed by atoms with Crippen LogP contribution < -0.4 is 5.32 Å². The van der Waals surface area contributed by atoms with E-state index in [2.05, 4.69) is 37.4 Å². The summed E-state index contributed by atoms with van der Waals surface area (Å²) >= 11 is 12.6. The summed E-state index contributed by atoms with van der Waals surface area (Å²) in [6.45, 7) is 5.18. The smallest absolute Gasteiger partial charge is 0.133 e. The molecule has 0 radical (unpaired) electrons. The third-order valence-electron chi connectivity index (χ3n) is 4.91. The quantitative estimate of drug-likeness (QED) is 0.567. The van der Waals surface area contributed by atoms with Gasteiger partial charge in [0.15, 0.2) is 0 Å². The highest BCUT2D eigenvalue weighted by atomic mass is 35.5. The second kappa shape index (κ2) is 6.98. The van der Waals surface area contributed by atoms with Crippen molar-refractivity contribution in [2.24, 2.45) is 0 Å². The van der Waals surface area contributed by atoms with Crippen LogP contribution in [0.15, 0.2) is 36.4 Å². The second-order valence-corrected chi connectivity index (χ2v) is 7.73. The molecule has 1 aliphatic rings. The van der Waals surface area contributed by atoms with Crippen molar-refractivity contribution in [2.75, 3.05) is 11.9 Å². The number of fused-ring (bicyclic) bond motifs is 1. The first-order chi connectivity index (χ1) is 12.5. The summed E-state index contributed by atoms with van der Waals surface area (Å²) in [5.74, 6) is 1.08. The van der Waals surface area contributed by atoms with E-state index in [1.807, 2.05) is 16.8 Å². The van der Waals surface area contributed by atoms with Gasteiger partial charge < -0.3 is 5.32 Å². The number of benzene rings is 2. The van der Waals surface area contributed by atoms with Crippen LogP contribution in [0.25, 0.3) is 16.9 Å². The van der Waals surface area contributed by atoms with Gasteiger partial charge in [-0.2, -0.15) is 5.10 Å². The summed E-state index contributed by atoms with van der Waals surface area (Å²) in [5, 5.41) is 9.85. The minimum atomic E-state index is 0.634. The Balaban J connectivity index is 1.96. The molecule has 3 nitrogen and oxygen atoms in total. The average Bonchev–Trinajstić information content (AvgIpc) is 2.78. The van der Waals surface area contributed by atoms with E-state index in [0.717, 1.165) is 48.6 Å². The van der Waals surface area contributed by atoms with Crippen molar-refractivity contribution in [1.82, 2.24) is 9.78 Å². The molecule has 26 heavy (non-hydrogen) atoms. The van der Waals surface area contributed by atoms with Crippen molar-refractivity contribution < 1.29 is 0 Å². The van der Waals surface area contributed by atoms with Crippen LogP contribution >= 0.6 is 23.2 Å². The maximum Gasteiger partial charge on any atom is 0.133 e. The van der Waals surface area contributed by atoms with Crippen LogP contribution in [0.5, 0.6) is 0 Å². The summed E-state index contributed by atoms with van der Waals surface area (Å²) in [6, 6.07) is 12.1. The number of aryl methyl sites for hydroxylation is 2. The molecule has 1 aliphatic heterocycles. The van der Waals surface area contributed by atoms with Gasteiger partial charge in [0.1, 0.15) is 5.82 Å². The molecule has 0 aliphatic carbocycles. The maximum atomic E-state index is 6.50. The fourth-order valence-corrected chi connectivity index (χ4v) is 4.02. The number of halogens is 2.